The zero-order valence-electron chi connectivity index (χ0n) is 12.2. The highest BCUT2D eigenvalue weighted by Crippen LogP contribution is 2.43. The van der Waals surface area contributed by atoms with Gasteiger partial charge in [-0.05, 0) is 23.7 Å². The second kappa shape index (κ2) is 5.81. The Hall–Kier alpha value is -0.633. The van der Waals surface area contributed by atoms with Gasteiger partial charge in [-0.2, -0.15) is 0 Å². The molecule has 0 aliphatic heterocycles. The largest absolute Gasteiger partial charge is 0.265 e. The van der Waals surface area contributed by atoms with Crippen LogP contribution in [-0.2, 0) is 6.04 Å². The van der Waals surface area contributed by atoms with Gasteiger partial charge >= 0.3 is 0 Å². The van der Waals surface area contributed by atoms with Gasteiger partial charge in [0.2, 0.25) is 0 Å². The van der Waals surface area contributed by atoms with Crippen molar-refractivity contribution in [2.45, 2.75) is 64.2 Å². The number of nitrogens with zero attached hydrogens (tertiary/aromatic N) is 1. The molecule has 0 fully saturated rings. The normalized spacial score (nSPS) is 12.8. The van der Waals surface area contributed by atoms with Crippen LogP contribution >= 0.6 is 0 Å². The lowest BCUT2D eigenvalue weighted by atomic mass is 10.3. The average Bonchev–Trinajstić information content (AvgIpc) is 2.25. The van der Waals surface area contributed by atoms with Gasteiger partial charge < -0.3 is 0 Å². The van der Waals surface area contributed by atoms with E-state index in [9.17, 15) is 0 Å². The molecule has 1 rings (SSSR count). The van der Waals surface area contributed by atoms with E-state index in [-0.39, 0.29) is 0 Å². The van der Waals surface area contributed by atoms with E-state index in [1.54, 1.807) is 0 Å². The van der Waals surface area contributed by atoms with Crippen LogP contribution in [-0.4, -0.2) is 13.1 Å². The molecule has 1 aromatic rings. The number of aromatic nitrogens is 1. The Kier molecular flexibility index (Phi) is 4.93. The molecular weight excluding hydrogens is 222 g/mol. The molecule has 0 unspecified atom stereocenters. The van der Waals surface area contributed by atoms with Gasteiger partial charge in [-0.25, -0.2) is 0 Å². The molecule has 0 aliphatic carbocycles. The summed E-state index contributed by atoms with van der Waals surface area (Å²) < 4.78 is 0. The van der Waals surface area contributed by atoms with E-state index in [0.29, 0.717) is 0 Å². The lowest BCUT2D eigenvalue weighted by Crippen LogP contribution is -2.47. The van der Waals surface area contributed by atoms with Crippen molar-refractivity contribution in [1.29, 1.82) is 0 Å². The minimum atomic E-state index is -1.30. The molecule has 0 bridgehead atoms. The zero-order chi connectivity index (χ0) is 13.1. The summed E-state index contributed by atoms with van der Waals surface area (Å²) in [4.78, 5) is 4.13. The van der Waals surface area contributed by atoms with Gasteiger partial charge in [0.05, 0.1) is 8.07 Å². The van der Waals surface area contributed by atoms with Crippen molar-refractivity contribution in [2.75, 3.05) is 0 Å². The van der Waals surface area contributed by atoms with Crippen molar-refractivity contribution in [3.8, 4) is 0 Å². The van der Waals surface area contributed by atoms with E-state index in [1.807, 2.05) is 12.4 Å². The van der Waals surface area contributed by atoms with Crippen LogP contribution in [0.1, 0.15) is 47.1 Å². The van der Waals surface area contributed by atoms with Crippen LogP contribution in [0.15, 0.2) is 24.5 Å². The smallest absolute Gasteiger partial charge is 0.0656 e. The minimum Gasteiger partial charge on any atom is -0.265 e. The van der Waals surface area contributed by atoms with Gasteiger partial charge in [-0.1, -0.05) is 58.2 Å². The molecule has 1 heterocycles. The summed E-state index contributed by atoms with van der Waals surface area (Å²) in [7, 11) is -1.30. The van der Waals surface area contributed by atoms with Gasteiger partial charge in [-0.15, -0.1) is 0 Å². The summed E-state index contributed by atoms with van der Waals surface area (Å²) >= 11 is 0. The van der Waals surface area contributed by atoms with E-state index in [4.69, 9.17) is 0 Å². The topological polar surface area (TPSA) is 12.9 Å². The Morgan fingerprint density at radius 2 is 1.29 bits per heavy atom. The molecule has 1 aromatic heterocycles. The summed E-state index contributed by atoms with van der Waals surface area (Å²) in [5.74, 6) is 0. The van der Waals surface area contributed by atoms with Crippen LogP contribution in [0.3, 0.4) is 0 Å². The fraction of sp³-hybridized carbons (Fsp3) is 0.667. The van der Waals surface area contributed by atoms with Crippen molar-refractivity contribution in [3.05, 3.63) is 30.1 Å². The van der Waals surface area contributed by atoms with Crippen molar-refractivity contribution in [3.63, 3.8) is 0 Å². The quantitative estimate of drug-likeness (QED) is 0.680. The molecule has 0 amide bonds. The van der Waals surface area contributed by atoms with E-state index < -0.39 is 8.07 Å². The summed E-state index contributed by atoms with van der Waals surface area (Å²) in [6.07, 6.45) is 3.85. The summed E-state index contributed by atoms with van der Waals surface area (Å²) in [5, 5.41) is 0. The first-order chi connectivity index (χ1) is 7.91. The summed E-state index contributed by atoms with van der Waals surface area (Å²) in [6, 6.07) is 5.67. The summed E-state index contributed by atoms with van der Waals surface area (Å²) in [5.41, 5.74) is 3.96. The second-order valence-electron chi connectivity index (χ2n) is 6.11. The van der Waals surface area contributed by atoms with Crippen molar-refractivity contribution in [2.24, 2.45) is 0 Å². The maximum Gasteiger partial charge on any atom is 0.0656 e. The third-order valence-corrected chi connectivity index (χ3v) is 12.0. The molecule has 1 nitrogen and oxygen atoms in total. The molecule has 0 spiro atoms. The van der Waals surface area contributed by atoms with Crippen molar-refractivity contribution in [1.82, 2.24) is 4.98 Å². The first kappa shape index (κ1) is 14.4. The Morgan fingerprint density at radius 1 is 0.882 bits per heavy atom. The fourth-order valence-electron chi connectivity index (χ4n) is 3.47. The Morgan fingerprint density at radius 3 is 1.65 bits per heavy atom. The second-order valence-corrected chi connectivity index (χ2v) is 12.2. The minimum absolute atomic E-state index is 0.829. The number of hydrogen-bond donors (Lipinski definition) is 0. The number of hydrogen-bond acceptors (Lipinski definition) is 1. The third-order valence-electron chi connectivity index (χ3n) is 4.48. The maximum atomic E-state index is 4.13. The fourth-order valence-corrected chi connectivity index (χ4v) is 9.63. The van der Waals surface area contributed by atoms with Crippen LogP contribution in [0.5, 0.6) is 0 Å². The predicted molar refractivity (Wildman–Crippen MR) is 79.0 cm³/mol. The molecule has 0 aromatic carbocycles. The standard InChI is InChI=1S/C15H27NSi/c1-12(2)17(13(3)4,14(5)6)11-15-7-9-16-10-8-15/h7-10,12-14H,11H2,1-6H3. The van der Waals surface area contributed by atoms with Gasteiger partial charge in [0.1, 0.15) is 0 Å². The van der Waals surface area contributed by atoms with E-state index in [1.165, 1.54) is 11.6 Å². The molecule has 0 saturated heterocycles. The molecule has 0 aliphatic rings. The van der Waals surface area contributed by atoms with Crippen LogP contribution in [0.4, 0.5) is 0 Å². The highest BCUT2D eigenvalue weighted by atomic mass is 28.3. The highest BCUT2D eigenvalue weighted by molar-refractivity contribution is 6.83. The van der Waals surface area contributed by atoms with Gasteiger partial charge in [0.15, 0.2) is 0 Å². The lowest BCUT2D eigenvalue weighted by molar-refractivity contribution is 0.797. The molecule has 0 saturated carbocycles. The van der Waals surface area contributed by atoms with Crippen LogP contribution in [0.2, 0.25) is 16.6 Å². The predicted octanol–water partition coefficient (Wildman–Crippen LogP) is 4.84. The van der Waals surface area contributed by atoms with E-state index in [2.05, 4.69) is 58.7 Å². The van der Waals surface area contributed by atoms with Crippen LogP contribution < -0.4 is 0 Å². The molecule has 0 atom stereocenters. The van der Waals surface area contributed by atoms with Crippen LogP contribution in [0.25, 0.3) is 0 Å². The van der Waals surface area contributed by atoms with Crippen molar-refractivity contribution >= 4 is 8.07 Å². The van der Waals surface area contributed by atoms with Gasteiger partial charge in [-0.3, -0.25) is 4.98 Å². The van der Waals surface area contributed by atoms with E-state index >= 15 is 0 Å². The molecular formula is C15H27NSi. The van der Waals surface area contributed by atoms with E-state index in [0.717, 1.165) is 16.6 Å². The first-order valence-corrected chi connectivity index (χ1v) is 9.24. The Labute approximate surface area is 108 Å². The van der Waals surface area contributed by atoms with Gasteiger partial charge in [0.25, 0.3) is 0 Å². The maximum absolute atomic E-state index is 4.13. The zero-order valence-corrected chi connectivity index (χ0v) is 13.2. The van der Waals surface area contributed by atoms with Gasteiger partial charge in [0, 0.05) is 12.4 Å². The number of pyridine rings is 1. The molecule has 17 heavy (non-hydrogen) atoms. The first-order valence-electron chi connectivity index (χ1n) is 6.80. The molecule has 2 heteroatoms. The Bertz CT molecular complexity index is 308. The molecule has 96 valence electrons. The van der Waals surface area contributed by atoms with Crippen LogP contribution in [0, 0.1) is 0 Å². The number of rotatable bonds is 5. The average molecular weight is 249 g/mol. The Balaban J connectivity index is 3.07. The summed E-state index contributed by atoms with van der Waals surface area (Å²) in [6.45, 7) is 14.5. The monoisotopic (exact) mass is 249 g/mol. The highest BCUT2D eigenvalue weighted by Gasteiger charge is 2.42. The van der Waals surface area contributed by atoms with Crippen molar-refractivity contribution < 1.29 is 0 Å². The SMILES string of the molecule is CC(C)[Si](Cc1ccncc1)(C(C)C)C(C)C. The molecule has 0 radical (unpaired) electrons. The third kappa shape index (κ3) is 2.98. The lowest BCUT2D eigenvalue weighted by Gasteiger charge is -2.43. The molecule has 0 N–H and O–H groups in total.